The number of hydrogen-bond acceptors (Lipinski definition) is 2. The standard InChI is InChI=1S/C24H24Cl2N2O/c1-27-16-21(20-14-19(25)7-8-23(20)27)24(29)9-6-17-10-12-28(13-11-17)15-18-4-2-3-5-22(18)26/h2-9,14,16-17H,10-13,15H2,1H3. The number of fused-ring (bicyclic) bond motifs is 1. The highest BCUT2D eigenvalue weighted by atomic mass is 35.5. The molecule has 0 atom stereocenters. The summed E-state index contributed by atoms with van der Waals surface area (Å²) in [5.41, 5.74) is 2.89. The highest BCUT2D eigenvalue weighted by Gasteiger charge is 2.19. The molecule has 1 aromatic heterocycles. The molecule has 4 rings (SSSR count). The summed E-state index contributed by atoms with van der Waals surface area (Å²) in [6.07, 6.45) is 7.81. The Balaban J connectivity index is 1.38. The summed E-state index contributed by atoms with van der Waals surface area (Å²) in [7, 11) is 1.95. The van der Waals surface area contributed by atoms with E-state index in [9.17, 15) is 4.79 Å². The Bertz CT molecular complexity index is 1060. The van der Waals surface area contributed by atoms with Crippen molar-refractivity contribution in [2.24, 2.45) is 13.0 Å². The summed E-state index contributed by atoms with van der Waals surface area (Å²) in [4.78, 5) is 15.2. The number of hydrogen-bond donors (Lipinski definition) is 0. The Hall–Kier alpha value is -2.07. The van der Waals surface area contributed by atoms with Gasteiger partial charge in [-0.2, -0.15) is 0 Å². The maximum Gasteiger partial charge on any atom is 0.187 e. The second-order valence-corrected chi connectivity index (χ2v) is 8.59. The molecule has 1 aliphatic heterocycles. The summed E-state index contributed by atoms with van der Waals surface area (Å²) >= 11 is 12.4. The number of rotatable bonds is 5. The fourth-order valence-electron chi connectivity index (χ4n) is 4.04. The monoisotopic (exact) mass is 426 g/mol. The minimum atomic E-state index is 0.0383. The summed E-state index contributed by atoms with van der Waals surface area (Å²) in [5.74, 6) is 0.469. The van der Waals surface area contributed by atoms with Crippen LogP contribution in [0.3, 0.4) is 0 Å². The van der Waals surface area contributed by atoms with Crippen LogP contribution in [-0.4, -0.2) is 28.3 Å². The summed E-state index contributed by atoms with van der Waals surface area (Å²) in [5, 5.41) is 2.38. The Morgan fingerprint density at radius 3 is 2.66 bits per heavy atom. The first-order valence-electron chi connectivity index (χ1n) is 9.94. The molecule has 0 amide bonds. The van der Waals surface area contributed by atoms with Crippen LogP contribution in [0.1, 0.15) is 28.8 Å². The van der Waals surface area contributed by atoms with Gasteiger partial charge in [0.2, 0.25) is 0 Å². The highest BCUT2D eigenvalue weighted by molar-refractivity contribution is 6.32. The van der Waals surface area contributed by atoms with Gasteiger partial charge >= 0.3 is 0 Å². The van der Waals surface area contributed by atoms with Gasteiger partial charge in [-0.15, -0.1) is 0 Å². The average Bonchev–Trinajstić information content (AvgIpc) is 3.05. The number of likely N-dealkylation sites (tertiary alicyclic amines) is 1. The molecular formula is C24H24Cl2N2O. The maximum atomic E-state index is 12.8. The molecule has 3 aromatic rings. The molecule has 1 saturated heterocycles. The van der Waals surface area contributed by atoms with Gasteiger partial charge in [-0.1, -0.05) is 47.5 Å². The van der Waals surface area contributed by atoms with Crippen LogP contribution in [0.25, 0.3) is 10.9 Å². The van der Waals surface area contributed by atoms with E-state index in [0.29, 0.717) is 16.5 Å². The minimum absolute atomic E-state index is 0.0383. The van der Waals surface area contributed by atoms with Crippen LogP contribution < -0.4 is 0 Å². The van der Waals surface area contributed by atoms with Gasteiger partial charge < -0.3 is 4.57 Å². The van der Waals surface area contributed by atoms with Gasteiger partial charge in [0.15, 0.2) is 5.78 Å². The Kier molecular flexibility index (Phi) is 6.09. The van der Waals surface area contributed by atoms with E-state index in [0.717, 1.165) is 48.4 Å². The SMILES string of the molecule is Cn1cc(C(=O)C=CC2CCN(Cc3ccccc3Cl)CC2)c2cc(Cl)ccc21. The van der Waals surface area contributed by atoms with E-state index in [1.807, 2.05) is 54.2 Å². The molecule has 0 bridgehead atoms. The van der Waals surface area contributed by atoms with Crippen LogP contribution in [-0.2, 0) is 13.6 Å². The molecule has 0 saturated carbocycles. The number of nitrogens with zero attached hydrogens (tertiary/aromatic N) is 2. The molecule has 0 aliphatic carbocycles. The van der Waals surface area contributed by atoms with Crippen LogP contribution >= 0.6 is 23.2 Å². The minimum Gasteiger partial charge on any atom is -0.350 e. The van der Waals surface area contributed by atoms with Crippen molar-refractivity contribution in [2.75, 3.05) is 13.1 Å². The molecule has 29 heavy (non-hydrogen) atoms. The van der Waals surface area contributed by atoms with E-state index in [1.54, 1.807) is 6.08 Å². The Morgan fingerprint density at radius 2 is 1.90 bits per heavy atom. The van der Waals surface area contributed by atoms with Gasteiger partial charge in [-0.25, -0.2) is 0 Å². The zero-order valence-electron chi connectivity index (χ0n) is 16.4. The van der Waals surface area contributed by atoms with Crippen LogP contribution in [0.2, 0.25) is 10.0 Å². The lowest BCUT2D eigenvalue weighted by molar-refractivity contribution is 0.104. The molecule has 0 N–H and O–H groups in total. The number of piperidine rings is 1. The van der Waals surface area contributed by atoms with E-state index >= 15 is 0 Å². The smallest absolute Gasteiger partial charge is 0.187 e. The molecule has 1 fully saturated rings. The first-order valence-corrected chi connectivity index (χ1v) is 10.7. The quantitative estimate of drug-likeness (QED) is 0.361. The van der Waals surface area contributed by atoms with E-state index in [4.69, 9.17) is 23.2 Å². The van der Waals surface area contributed by atoms with Crippen LogP contribution in [0, 0.1) is 5.92 Å². The van der Waals surface area contributed by atoms with Gasteiger partial charge in [0.05, 0.1) is 0 Å². The normalized spacial score (nSPS) is 16.1. The molecule has 1 aliphatic rings. The highest BCUT2D eigenvalue weighted by Crippen LogP contribution is 2.26. The summed E-state index contributed by atoms with van der Waals surface area (Å²) in [6, 6.07) is 13.7. The van der Waals surface area contributed by atoms with Crippen molar-refractivity contribution in [3.63, 3.8) is 0 Å². The third kappa shape index (κ3) is 4.58. The average molecular weight is 427 g/mol. The molecule has 0 spiro atoms. The number of carbonyl (C=O) groups excluding carboxylic acids is 1. The molecule has 3 nitrogen and oxygen atoms in total. The molecule has 0 unspecified atom stereocenters. The number of carbonyl (C=O) groups is 1. The lowest BCUT2D eigenvalue weighted by atomic mass is 9.95. The molecular weight excluding hydrogens is 403 g/mol. The zero-order chi connectivity index (χ0) is 20.4. The third-order valence-electron chi connectivity index (χ3n) is 5.72. The summed E-state index contributed by atoms with van der Waals surface area (Å²) < 4.78 is 1.97. The number of benzene rings is 2. The first-order chi connectivity index (χ1) is 14.0. The van der Waals surface area contributed by atoms with E-state index in [-0.39, 0.29) is 5.78 Å². The van der Waals surface area contributed by atoms with Crippen molar-refractivity contribution < 1.29 is 4.79 Å². The van der Waals surface area contributed by atoms with Crippen molar-refractivity contribution in [2.45, 2.75) is 19.4 Å². The van der Waals surface area contributed by atoms with Gasteiger partial charge in [0.25, 0.3) is 0 Å². The van der Waals surface area contributed by atoms with Gasteiger partial charge in [-0.05, 0) is 67.8 Å². The Labute approximate surface area is 181 Å². The predicted molar refractivity (Wildman–Crippen MR) is 121 cm³/mol. The topological polar surface area (TPSA) is 25.2 Å². The number of aryl methyl sites for hydroxylation is 1. The second-order valence-electron chi connectivity index (χ2n) is 7.74. The van der Waals surface area contributed by atoms with Crippen molar-refractivity contribution in [1.82, 2.24) is 9.47 Å². The van der Waals surface area contributed by atoms with Gasteiger partial charge in [-0.3, -0.25) is 9.69 Å². The van der Waals surface area contributed by atoms with Crippen molar-refractivity contribution >= 4 is 39.9 Å². The van der Waals surface area contributed by atoms with Crippen LogP contribution in [0.15, 0.2) is 60.8 Å². The van der Waals surface area contributed by atoms with Crippen molar-refractivity contribution in [3.8, 4) is 0 Å². The van der Waals surface area contributed by atoms with Gasteiger partial charge in [0, 0.05) is 46.3 Å². The first kappa shape index (κ1) is 20.2. The molecule has 2 heterocycles. The van der Waals surface area contributed by atoms with Crippen LogP contribution in [0.5, 0.6) is 0 Å². The lowest BCUT2D eigenvalue weighted by Gasteiger charge is -2.30. The van der Waals surface area contributed by atoms with Crippen molar-refractivity contribution in [3.05, 3.63) is 82.0 Å². The van der Waals surface area contributed by atoms with Crippen LogP contribution in [0.4, 0.5) is 0 Å². The fourth-order valence-corrected chi connectivity index (χ4v) is 4.41. The number of halogens is 2. The zero-order valence-corrected chi connectivity index (χ0v) is 18.0. The molecule has 5 heteroatoms. The maximum absolute atomic E-state index is 12.8. The van der Waals surface area contributed by atoms with E-state index in [2.05, 4.69) is 17.0 Å². The predicted octanol–water partition coefficient (Wildman–Crippen LogP) is 6.14. The third-order valence-corrected chi connectivity index (χ3v) is 6.32. The number of aromatic nitrogens is 1. The number of ketones is 1. The molecule has 2 aromatic carbocycles. The second kappa shape index (κ2) is 8.74. The Morgan fingerprint density at radius 1 is 1.14 bits per heavy atom. The number of allylic oxidation sites excluding steroid dienone is 2. The van der Waals surface area contributed by atoms with Crippen molar-refractivity contribution in [1.29, 1.82) is 0 Å². The molecule has 0 radical (unpaired) electrons. The van der Waals surface area contributed by atoms with E-state index < -0.39 is 0 Å². The van der Waals surface area contributed by atoms with Gasteiger partial charge in [0.1, 0.15) is 0 Å². The van der Waals surface area contributed by atoms with E-state index in [1.165, 1.54) is 5.56 Å². The summed E-state index contributed by atoms with van der Waals surface area (Å²) in [6.45, 7) is 2.91. The largest absolute Gasteiger partial charge is 0.350 e. The molecule has 150 valence electrons. The lowest BCUT2D eigenvalue weighted by Crippen LogP contribution is -2.32. The fraction of sp³-hybridized carbons (Fsp3) is 0.292.